The number of methoxy groups -OCH3 is 1. The number of likely N-dealkylation sites (tertiary alicyclic amines) is 1. The Balaban J connectivity index is 1.49. The fourth-order valence-electron chi connectivity index (χ4n) is 3.94. The number of hydrogen-bond acceptors (Lipinski definition) is 3. The Labute approximate surface area is 125 Å². The van der Waals surface area contributed by atoms with Crippen molar-refractivity contribution >= 4 is 0 Å². The maximum Gasteiger partial charge on any atom is 0.0587 e. The second-order valence-electron chi connectivity index (χ2n) is 6.85. The van der Waals surface area contributed by atoms with Gasteiger partial charge in [0.05, 0.1) is 6.61 Å². The lowest BCUT2D eigenvalue weighted by atomic mass is 9.68. The predicted molar refractivity (Wildman–Crippen MR) is 85.2 cm³/mol. The van der Waals surface area contributed by atoms with Gasteiger partial charge in [-0.3, -0.25) is 0 Å². The van der Waals surface area contributed by atoms with E-state index in [0.717, 1.165) is 25.1 Å². The molecular weight excluding hydrogens is 248 g/mol. The summed E-state index contributed by atoms with van der Waals surface area (Å²) in [6, 6.07) is 0. The molecule has 3 nitrogen and oxygen atoms in total. The van der Waals surface area contributed by atoms with Crippen LogP contribution in [-0.4, -0.2) is 51.3 Å². The molecule has 0 aromatic carbocycles. The number of hydrogen-bond donors (Lipinski definition) is 1. The summed E-state index contributed by atoms with van der Waals surface area (Å²) in [5.74, 6) is 0. The topological polar surface area (TPSA) is 24.5 Å². The van der Waals surface area contributed by atoms with Crippen LogP contribution >= 0.6 is 0 Å². The van der Waals surface area contributed by atoms with E-state index in [9.17, 15) is 0 Å². The highest BCUT2D eigenvalue weighted by atomic mass is 16.5. The summed E-state index contributed by atoms with van der Waals surface area (Å²) in [6.45, 7) is 6.98. The predicted octanol–water partition coefficient (Wildman–Crippen LogP) is 3.05. The summed E-state index contributed by atoms with van der Waals surface area (Å²) in [7, 11) is 1.76. The van der Waals surface area contributed by atoms with Crippen LogP contribution in [0.4, 0.5) is 0 Å². The van der Waals surface area contributed by atoms with E-state index in [1.807, 2.05) is 0 Å². The summed E-state index contributed by atoms with van der Waals surface area (Å²) in [4.78, 5) is 2.70. The SMILES string of the molecule is COCCNCCCCN1CCC2(CCCCC2)CC1. The van der Waals surface area contributed by atoms with E-state index in [0.29, 0.717) is 0 Å². The van der Waals surface area contributed by atoms with E-state index in [-0.39, 0.29) is 0 Å². The van der Waals surface area contributed by atoms with Gasteiger partial charge in [0.1, 0.15) is 0 Å². The minimum absolute atomic E-state index is 0.760. The zero-order valence-electron chi connectivity index (χ0n) is 13.5. The molecule has 0 aromatic rings. The highest BCUT2D eigenvalue weighted by Crippen LogP contribution is 2.44. The molecule has 0 bridgehead atoms. The first-order valence-corrected chi connectivity index (χ1v) is 8.77. The van der Waals surface area contributed by atoms with Crippen LogP contribution in [0.3, 0.4) is 0 Å². The van der Waals surface area contributed by atoms with Gasteiger partial charge < -0.3 is 15.0 Å². The Kier molecular flexibility index (Phi) is 7.32. The van der Waals surface area contributed by atoms with E-state index in [1.165, 1.54) is 77.4 Å². The van der Waals surface area contributed by atoms with E-state index >= 15 is 0 Å². The van der Waals surface area contributed by atoms with E-state index in [1.54, 1.807) is 7.11 Å². The average Bonchev–Trinajstić information content (AvgIpc) is 2.49. The van der Waals surface area contributed by atoms with Crippen molar-refractivity contribution in [1.29, 1.82) is 0 Å². The lowest BCUT2D eigenvalue weighted by molar-refractivity contribution is 0.0670. The molecule has 3 heteroatoms. The van der Waals surface area contributed by atoms with Gasteiger partial charge in [-0.25, -0.2) is 0 Å². The van der Waals surface area contributed by atoms with Crippen LogP contribution in [0.15, 0.2) is 0 Å². The van der Waals surface area contributed by atoms with Crippen molar-refractivity contribution in [2.24, 2.45) is 5.41 Å². The molecule has 2 rings (SSSR count). The molecule has 0 amide bonds. The summed E-state index contributed by atoms with van der Waals surface area (Å²) < 4.78 is 5.03. The summed E-state index contributed by atoms with van der Waals surface area (Å²) in [6.07, 6.45) is 13.1. The molecule has 1 spiro atoms. The van der Waals surface area contributed by atoms with E-state index in [4.69, 9.17) is 4.74 Å². The van der Waals surface area contributed by atoms with Gasteiger partial charge in [-0.15, -0.1) is 0 Å². The van der Waals surface area contributed by atoms with Gasteiger partial charge in [0.15, 0.2) is 0 Å². The average molecular weight is 282 g/mol. The maximum absolute atomic E-state index is 5.03. The van der Waals surface area contributed by atoms with Crippen molar-refractivity contribution in [1.82, 2.24) is 10.2 Å². The summed E-state index contributed by atoms with van der Waals surface area (Å²) >= 11 is 0. The quantitative estimate of drug-likeness (QED) is 0.693. The van der Waals surface area contributed by atoms with Crippen molar-refractivity contribution in [3.63, 3.8) is 0 Å². The van der Waals surface area contributed by atoms with Crippen molar-refractivity contribution < 1.29 is 4.74 Å². The van der Waals surface area contributed by atoms with Gasteiger partial charge in [-0.1, -0.05) is 19.3 Å². The van der Waals surface area contributed by atoms with Crippen LogP contribution in [0.2, 0.25) is 0 Å². The lowest BCUT2D eigenvalue weighted by Crippen LogP contribution is -2.41. The normalized spacial score (nSPS) is 23.2. The van der Waals surface area contributed by atoms with Crippen molar-refractivity contribution in [2.45, 2.75) is 57.8 Å². The summed E-state index contributed by atoms with van der Waals surface area (Å²) in [5.41, 5.74) is 0.760. The minimum atomic E-state index is 0.760. The van der Waals surface area contributed by atoms with Crippen LogP contribution in [0.1, 0.15) is 57.8 Å². The maximum atomic E-state index is 5.03. The van der Waals surface area contributed by atoms with Gasteiger partial charge >= 0.3 is 0 Å². The first-order valence-electron chi connectivity index (χ1n) is 8.77. The first-order chi connectivity index (χ1) is 9.85. The summed E-state index contributed by atoms with van der Waals surface area (Å²) in [5, 5.41) is 3.43. The molecule has 1 aliphatic heterocycles. The standard InChI is InChI=1S/C17H34N2O/c1-20-16-12-18-11-5-6-13-19-14-9-17(10-15-19)7-3-2-4-8-17/h18H,2-16H2,1H3. The van der Waals surface area contributed by atoms with Crippen LogP contribution in [0.25, 0.3) is 0 Å². The van der Waals surface area contributed by atoms with Crippen LogP contribution in [-0.2, 0) is 4.74 Å². The van der Waals surface area contributed by atoms with Crippen LogP contribution in [0, 0.1) is 5.41 Å². The Morgan fingerprint density at radius 1 is 0.950 bits per heavy atom. The third kappa shape index (κ3) is 5.34. The first kappa shape index (κ1) is 16.3. The lowest BCUT2D eigenvalue weighted by Gasteiger charge is -2.44. The highest BCUT2D eigenvalue weighted by molar-refractivity contribution is 4.88. The molecule has 1 aliphatic carbocycles. The molecule has 0 atom stereocenters. The van der Waals surface area contributed by atoms with Crippen LogP contribution < -0.4 is 5.32 Å². The Hall–Kier alpha value is -0.120. The fourth-order valence-corrected chi connectivity index (χ4v) is 3.94. The van der Waals surface area contributed by atoms with E-state index in [2.05, 4.69) is 10.2 Å². The molecule has 118 valence electrons. The largest absolute Gasteiger partial charge is 0.383 e. The molecule has 0 unspecified atom stereocenters. The van der Waals surface area contributed by atoms with Gasteiger partial charge in [0.25, 0.3) is 0 Å². The number of nitrogens with one attached hydrogen (secondary N) is 1. The molecule has 20 heavy (non-hydrogen) atoms. The fraction of sp³-hybridized carbons (Fsp3) is 1.00. The molecular formula is C17H34N2O. The molecule has 2 fully saturated rings. The van der Waals surface area contributed by atoms with Crippen molar-refractivity contribution in [3.8, 4) is 0 Å². The third-order valence-electron chi connectivity index (χ3n) is 5.39. The third-order valence-corrected chi connectivity index (χ3v) is 5.39. The number of piperidine rings is 1. The molecule has 1 saturated heterocycles. The molecule has 1 heterocycles. The number of unbranched alkanes of at least 4 members (excludes halogenated alkanes) is 1. The molecule has 1 N–H and O–H groups in total. The second-order valence-corrected chi connectivity index (χ2v) is 6.85. The number of rotatable bonds is 8. The monoisotopic (exact) mass is 282 g/mol. The van der Waals surface area contributed by atoms with Gasteiger partial charge in [-0.2, -0.15) is 0 Å². The molecule has 0 radical (unpaired) electrons. The Morgan fingerprint density at radius 3 is 2.40 bits per heavy atom. The van der Waals surface area contributed by atoms with Crippen molar-refractivity contribution in [2.75, 3.05) is 46.4 Å². The van der Waals surface area contributed by atoms with Crippen molar-refractivity contribution in [3.05, 3.63) is 0 Å². The molecule has 2 aliphatic rings. The Morgan fingerprint density at radius 2 is 1.70 bits per heavy atom. The number of ether oxygens (including phenoxy) is 1. The molecule has 0 aromatic heterocycles. The minimum Gasteiger partial charge on any atom is -0.383 e. The van der Waals surface area contributed by atoms with Gasteiger partial charge in [-0.05, 0) is 70.1 Å². The highest BCUT2D eigenvalue weighted by Gasteiger charge is 2.35. The Bertz CT molecular complexity index is 241. The van der Waals surface area contributed by atoms with Gasteiger partial charge in [0.2, 0.25) is 0 Å². The zero-order valence-corrected chi connectivity index (χ0v) is 13.5. The zero-order chi connectivity index (χ0) is 14.1. The molecule has 1 saturated carbocycles. The van der Waals surface area contributed by atoms with Gasteiger partial charge in [0, 0.05) is 13.7 Å². The smallest absolute Gasteiger partial charge is 0.0587 e. The number of nitrogens with zero attached hydrogens (tertiary/aromatic N) is 1. The van der Waals surface area contributed by atoms with Crippen LogP contribution in [0.5, 0.6) is 0 Å². The second kappa shape index (κ2) is 9.01. The van der Waals surface area contributed by atoms with E-state index < -0.39 is 0 Å².